The highest BCUT2D eigenvalue weighted by atomic mass is 32.1. The van der Waals surface area contributed by atoms with Crippen LogP contribution in [0.1, 0.15) is 56.3 Å². The van der Waals surface area contributed by atoms with Crippen LogP contribution in [0.4, 0.5) is 5.69 Å². The molecular formula is C33H34N4O7S. The average molecular weight is 631 g/mol. The Balaban J connectivity index is 1.68. The summed E-state index contributed by atoms with van der Waals surface area (Å²) in [4.78, 5) is 43.5. The van der Waals surface area contributed by atoms with Crippen molar-refractivity contribution < 1.29 is 23.9 Å². The zero-order chi connectivity index (χ0) is 32.6. The maximum absolute atomic E-state index is 14.2. The molecule has 0 saturated heterocycles. The van der Waals surface area contributed by atoms with Crippen LogP contribution in [0.15, 0.2) is 69.6 Å². The van der Waals surface area contributed by atoms with Crippen molar-refractivity contribution in [3.8, 4) is 17.2 Å². The number of nitrogens with zero attached hydrogens (tertiary/aromatic N) is 4. The molecule has 1 aliphatic heterocycles. The molecule has 12 heteroatoms. The van der Waals surface area contributed by atoms with Crippen molar-refractivity contribution >= 4 is 29.1 Å². The number of hydrogen-bond acceptors (Lipinski definition) is 9. The van der Waals surface area contributed by atoms with Crippen molar-refractivity contribution in [2.24, 2.45) is 4.99 Å². The van der Waals surface area contributed by atoms with Crippen molar-refractivity contribution in [3.05, 3.63) is 112 Å². The van der Waals surface area contributed by atoms with Crippen LogP contribution in [0.3, 0.4) is 0 Å². The van der Waals surface area contributed by atoms with Gasteiger partial charge in [0.25, 0.3) is 11.2 Å². The molecule has 0 N–H and O–H groups in total. The lowest BCUT2D eigenvalue weighted by Crippen LogP contribution is -2.40. The highest BCUT2D eigenvalue weighted by molar-refractivity contribution is 7.07. The molecule has 1 aliphatic rings. The fraction of sp³-hybridized carbons (Fsp3) is 0.303. The van der Waals surface area contributed by atoms with Gasteiger partial charge in [-0.25, -0.2) is 9.79 Å². The fourth-order valence-electron chi connectivity index (χ4n) is 5.53. The Morgan fingerprint density at radius 3 is 2.56 bits per heavy atom. The van der Waals surface area contributed by atoms with Crippen LogP contribution < -0.4 is 24.4 Å². The number of nitro groups is 1. The van der Waals surface area contributed by atoms with Crippen molar-refractivity contribution in [2.75, 3.05) is 13.7 Å². The van der Waals surface area contributed by atoms with Gasteiger partial charge >= 0.3 is 5.97 Å². The molecule has 0 fully saturated rings. The Morgan fingerprint density at radius 2 is 1.89 bits per heavy atom. The molecule has 0 aliphatic carbocycles. The molecule has 0 radical (unpaired) electrons. The summed E-state index contributed by atoms with van der Waals surface area (Å²) in [5.41, 5.74) is 4.11. The first-order valence-corrected chi connectivity index (χ1v) is 15.2. The summed E-state index contributed by atoms with van der Waals surface area (Å²) in [6, 6.07) is 12.9. The van der Waals surface area contributed by atoms with Gasteiger partial charge in [0.05, 0.1) is 52.3 Å². The molecule has 5 rings (SSSR count). The monoisotopic (exact) mass is 630 g/mol. The third-order valence-electron chi connectivity index (χ3n) is 7.44. The third-order valence-corrected chi connectivity index (χ3v) is 8.42. The van der Waals surface area contributed by atoms with Crippen molar-refractivity contribution in [1.82, 2.24) is 9.13 Å². The molecule has 2 aromatic heterocycles. The van der Waals surface area contributed by atoms with Crippen LogP contribution in [0.2, 0.25) is 0 Å². The number of fused-ring (bicyclic) bond motifs is 1. The average Bonchev–Trinajstić information content (AvgIpc) is 3.45. The summed E-state index contributed by atoms with van der Waals surface area (Å²) in [6.45, 7) is 11.2. The van der Waals surface area contributed by atoms with Crippen molar-refractivity contribution in [2.45, 2.75) is 53.7 Å². The highest BCUT2D eigenvalue weighted by Gasteiger charge is 2.34. The summed E-state index contributed by atoms with van der Waals surface area (Å²) >= 11 is 1.22. The maximum Gasteiger partial charge on any atom is 0.338 e. The summed E-state index contributed by atoms with van der Waals surface area (Å²) in [7, 11) is 1.54. The molecule has 2 aromatic carbocycles. The number of carbonyl (C=O) groups is 1. The van der Waals surface area contributed by atoms with E-state index in [2.05, 4.69) is 4.99 Å². The Kier molecular flexibility index (Phi) is 8.78. The number of thiazole rings is 1. The van der Waals surface area contributed by atoms with E-state index in [1.54, 1.807) is 44.2 Å². The summed E-state index contributed by atoms with van der Waals surface area (Å²) in [5, 5.41) is 11.4. The number of methoxy groups -OCH3 is 1. The van der Waals surface area contributed by atoms with Gasteiger partial charge in [-0.05, 0) is 83.0 Å². The first-order chi connectivity index (χ1) is 21.4. The standard InChI is InChI=1S/C33H34N4O7S/c1-8-43-32(39)29-20(5)34-33-36(30(29)22-12-13-26(44-18(2)3)27(15-22)42-7)31(38)28(45-33)16-23-14-19(4)35(21(23)6)24-10-9-11-25(17-24)37(40)41/h9-18,30H,8H2,1-7H3/b28-16-/t30-/m1/s1. The first-order valence-electron chi connectivity index (χ1n) is 14.4. The van der Waals surface area contributed by atoms with E-state index < -0.39 is 16.9 Å². The topological polar surface area (TPSA) is 127 Å². The minimum atomic E-state index is -0.818. The Bertz CT molecular complexity index is 2030. The molecular weight excluding hydrogens is 596 g/mol. The molecule has 0 saturated carbocycles. The van der Waals surface area contributed by atoms with Crippen LogP contribution in [-0.2, 0) is 9.53 Å². The van der Waals surface area contributed by atoms with Gasteiger partial charge in [-0.1, -0.05) is 23.5 Å². The Hall–Kier alpha value is -4.97. The van der Waals surface area contributed by atoms with Crippen molar-refractivity contribution in [1.29, 1.82) is 0 Å². The number of aryl methyl sites for hydroxylation is 1. The van der Waals surface area contributed by atoms with E-state index in [1.165, 1.54) is 35.1 Å². The number of hydrogen-bond donors (Lipinski definition) is 0. The lowest BCUT2D eigenvalue weighted by Gasteiger charge is -2.25. The molecule has 234 valence electrons. The van der Waals surface area contributed by atoms with Gasteiger partial charge in [0.2, 0.25) is 0 Å². The maximum atomic E-state index is 14.2. The summed E-state index contributed by atoms with van der Waals surface area (Å²) < 4.78 is 20.8. The Labute approximate surface area is 263 Å². The number of aromatic nitrogens is 2. The fourth-order valence-corrected chi connectivity index (χ4v) is 6.57. The lowest BCUT2D eigenvalue weighted by atomic mass is 9.95. The van der Waals surface area contributed by atoms with E-state index in [9.17, 15) is 19.7 Å². The predicted molar refractivity (Wildman–Crippen MR) is 171 cm³/mol. The number of non-ortho nitro benzene ring substituents is 1. The molecule has 0 unspecified atom stereocenters. The molecule has 45 heavy (non-hydrogen) atoms. The summed E-state index contributed by atoms with van der Waals surface area (Å²) in [6.07, 6.45) is 1.71. The SMILES string of the molecule is CCOC(=O)C1=C(C)N=c2s/c(=C\c3cc(C)n(-c4cccc([N+](=O)[O-])c4)c3C)c(=O)n2[C@@H]1c1ccc(OC(C)C)c(OC)c1. The Morgan fingerprint density at radius 1 is 1.13 bits per heavy atom. The number of allylic oxidation sites excluding steroid dienone is 1. The van der Waals surface area contributed by atoms with Crippen LogP contribution >= 0.6 is 11.3 Å². The first kappa shape index (κ1) is 31.5. The van der Waals surface area contributed by atoms with E-state index in [-0.39, 0.29) is 29.5 Å². The molecule has 0 bridgehead atoms. The van der Waals surface area contributed by atoms with E-state index in [1.807, 2.05) is 44.4 Å². The molecule has 3 heterocycles. The van der Waals surface area contributed by atoms with Gasteiger partial charge < -0.3 is 18.8 Å². The smallest absolute Gasteiger partial charge is 0.338 e. The molecule has 4 aromatic rings. The predicted octanol–water partition coefficient (Wildman–Crippen LogP) is 4.91. The minimum absolute atomic E-state index is 0.0111. The van der Waals surface area contributed by atoms with E-state index in [0.29, 0.717) is 37.8 Å². The van der Waals surface area contributed by atoms with Gasteiger partial charge in [-0.2, -0.15) is 0 Å². The number of nitro benzene ring substituents is 1. The van der Waals surface area contributed by atoms with Gasteiger partial charge in [0.1, 0.15) is 0 Å². The normalized spacial score (nSPS) is 14.8. The van der Waals surface area contributed by atoms with Crippen LogP contribution in [0.25, 0.3) is 11.8 Å². The van der Waals surface area contributed by atoms with Gasteiger partial charge in [-0.15, -0.1) is 0 Å². The minimum Gasteiger partial charge on any atom is -0.493 e. The van der Waals surface area contributed by atoms with Crippen molar-refractivity contribution in [3.63, 3.8) is 0 Å². The molecule has 0 spiro atoms. The summed E-state index contributed by atoms with van der Waals surface area (Å²) in [5.74, 6) is 0.455. The lowest BCUT2D eigenvalue weighted by molar-refractivity contribution is -0.384. The number of carbonyl (C=O) groups excluding carboxylic acids is 1. The second-order valence-electron chi connectivity index (χ2n) is 10.8. The number of benzene rings is 2. The molecule has 11 nitrogen and oxygen atoms in total. The second kappa shape index (κ2) is 12.6. The number of ether oxygens (including phenoxy) is 3. The number of rotatable bonds is 9. The van der Waals surface area contributed by atoms with Crippen LogP contribution in [-0.4, -0.2) is 39.8 Å². The second-order valence-corrected chi connectivity index (χ2v) is 11.8. The van der Waals surface area contributed by atoms with E-state index >= 15 is 0 Å². The molecule has 1 atom stereocenters. The quantitative estimate of drug-likeness (QED) is 0.146. The van der Waals surface area contributed by atoms with Crippen LogP contribution in [0, 0.1) is 24.0 Å². The third kappa shape index (κ3) is 5.93. The number of esters is 1. The zero-order valence-corrected chi connectivity index (χ0v) is 26.9. The highest BCUT2D eigenvalue weighted by Crippen LogP contribution is 2.36. The largest absolute Gasteiger partial charge is 0.493 e. The van der Waals surface area contributed by atoms with Gasteiger partial charge in [0, 0.05) is 23.5 Å². The van der Waals surface area contributed by atoms with E-state index in [4.69, 9.17) is 14.2 Å². The van der Waals surface area contributed by atoms with E-state index in [0.717, 1.165) is 17.0 Å². The molecule has 0 amide bonds. The zero-order valence-electron chi connectivity index (χ0n) is 26.1. The van der Waals surface area contributed by atoms with Crippen LogP contribution in [0.5, 0.6) is 11.5 Å². The van der Waals surface area contributed by atoms with Gasteiger partial charge in [-0.3, -0.25) is 19.5 Å². The van der Waals surface area contributed by atoms with Gasteiger partial charge in [0.15, 0.2) is 16.3 Å².